The number of piperidine rings is 1. The summed E-state index contributed by atoms with van der Waals surface area (Å²) in [5.41, 5.74) is 2.28. The van der Waals surface area contributed by atoms with Gasteiger partial charge < -0.3 is 4.74 Å². The number of ether oxygens (including phenoxy) is 1. The van der Waals surface area contributed by atoms with E-state index in [1.807, 2.05) is 24.5 Å². The van der Waals surface area contributed by atoms with Crippen LogP contribution in [0.15, 0.2) is 48.8 Å². The molecular formula is C19H20F3N3O. The minimum Gasteiger partial charge on any atom is -0.406 e. The van der Waals surface area contributed by atoms with E-state index >= 15 is 0 Å². The molecular weight excluding hydrogens is 343 g/mol. The summed E-state index contributed by atoms with van der Waals surface area (Å²) < 4.78 is 40.6. The lowest BCUT2D eigenvalue weighted by atomic mass is 9.86. The Bertz CT molecular complexity index is 724. The summed E-state index contributed by atoms with van der Waals surface area (Å²) in [7, 11) is 0. The highest BCUT2D eigenvalue weighted by atomic mass is 19.4. The number of alkyl halides is 3. The minimum atomic E-state index is -4.64. The summed E-state index contributed by atoms with van der Waals surface area (Å²) in [5.74, 6) is -0.173. The molecule has 3 aliphatic heterocycles. The molecule has 4 heterocycles. The van der Waals surface area contributed by atoms with Crippen LogP contribution >= 0.6 is 0 Å². The number of benzene rings is 1. The second-order valence-electron chi connectivity index (χ2n) is 6.96. The number of fused-ring (bicyclic) bond motifs is 2. The number of nitrogens with zero attached hydrogens (tertiary/aromatic N) is 3. The molecule has 5 rings (SSSR count). The molecule has 2 bridgehead atoms. The number of hydrogen-bond donors (Lipinski definition) is 0. The van der Waals surface area contributed by atoms with Crippen LogP contribution in [0, 0.1) is 0 Å². The van der Waals surface area contributed by atoms with E-state index in [1.165, 1.54) is 24.1 Å². The third kappa shape index (κ3) is 3.99. The van der Waals surface area contributed by atoms with Crippen molar-refractivity contribution < 1.29 is 17.9 Å². The van der Waals surface area contributed by atoms with Gasteiger partial charge in [0.2, 0.25) is 0 Å². The van der Waals surface area contributed by atoms with Crippen molar-refractivity contribution in [2.45, 2.75) is 38.0 Å². The molecule has 138 valence electrons. The molecule has 0 radical (unpaired) electrons. The Morgan fingerprint density at radius 1 is 0.923 bits per heavy atom. The highest BCUT2D eigenvalue weighted by molar-refractivity contribution is 5.28. The Kier molecular flexibility index (Phi) is 4.58. The van der Waals surface area contributed by atoms with Gasteiger partial charge in [0, 0.05) is 50.7 Å². The third-order valence-electron chi connectivity index (χ3n) is 5.10. The topological polar surface area (TPSA) is 28.6 Å². The molecule has 2 atom stereocenters. The van der Waals surface area contributed by atoms with Gasteiger partial charge in [-0.15, -0.1) is 13.2 Å². The fourth-order valence-electron chi connectivity index (χ4n) is 3.92. The third-order valence-corrected chi connectivity index (χ3v) is 5.10. The summed E-state index contributed by atoms with van der Waals surface area (Å²) in [4.78, 5) is 8.96. The van der Waals surface area contributed by atoms with Crippen LogP contribution in [-0.4, -0.2) is 46.3 Å². The van der Waals surface area contributed by atoms with Crippen LogP contribution in [0.1, 0.15) is 17.5 Å². The van der Waals surface area contributed by atoms with Crippen LogP contribution in [0.2, 0.25) is 0 Å². The molecule has 3 aliphatic rings. The fourth-order valence-corrected chi connectivity index (χ4v) is 3.92. The highest BCUT2D eigenvalue weighted by Gasteiger charge is 2.44. The van der Waals surface area contributed by atoms with E-state index in [4.69, 9.17) is 0 Å². The number of aromatic nitrogens is 1. The van der Waals surface area contributed by atoms with Crippen molar-refractivity contribution >= 4 is 0 Å². The van der Waals surface area contributed by atoms with Crippen LogP contribution < -0.4 is 4.74 Å². The fraction of sp³-hybridized carbons (Fsp3) is 0.421. The maximum Gasteiger partial charge on any atom is 0.573 e. The van der Waals surface area contributed by atoms with E-state index in [0.29, 0.717) is 12.1 Å². The molecule has 2 unspecified atom stereocenters. The molecule has 7 heteroatoms. The van der Waals surface area contributed by atoms with Crippen LogP contribution in [-0.2, 0) is 13.1 Å². The smallest absolute Gasteiger partial charge is 0.406 e. The minimum absolute atomic E-state index is 0.173. The lowest BCUT2D eigenvalue weighted by molar-refractivity contribution is -0.274. The quantitative estimate of drug-likeness (QED) is 0.814. The molecule has 1 aromatic heterocycles. The molecule has 26 heavy (non-hydrogen) atoms. The van der Waals surface area contributed by atoms with Crippen LogP contribution in [0.25, 0.3) is 0 Å². The second kappa shape index (κ2) is 6.89. The average molecular weight is 363 g/mol. The first-order valence-corrected chi connectivity index (χ1v) is 8.68. The van der Waals surface area contributed by atoms with E-state index in [-0.39, 0.29) is 5.75 Å². The van der Waals surface area contributed by atoms with Crippen molar-refractivity contribution in [2.24, 2.45) is 0 Å². The van der Waals surface area contributed by atoms with Crippen molar-refractivity contribution in [2.75, 3.05) is 13.1 Å². The Morgan fingerprint density at radius 2 is 1.54 bits per heavy atom. The Morgan fingerprint density at radius 3 is 2.15 bits per heavy atom. The van der Waals surface area contributed by atoms with Crippen LogP contribution in [0.3, 0.4) is 0 Å². The van der Waals surface area contributed by atoms with Crippen LogP contribution in [0.5, 0.6) is 5.75 Å². The molecule has 2 aromatic rings. The van der Waals surface area contributed by atoms with E-state index < -0.39 is 6.36 Å². The lowest BCUT2D eigenvalue weighted by Gasteiger charge is -2.56. The Labute approximate surface area is 150 Å². The Balaban J connectivity index is 1.31. The monoisotopic (exact) mass is 363 g/mol. The molecule has 0 amide bonds. The number of hydrogen-bond acceptors (Lipinski definition) is 4. The molecule has 3 saturated heterocycles. The van der Waals surface area contributed by atoms with Gasteiger partial charge in [-0.1, -0.05) is 12.1 Å². The number of piperazine rings is 1. The zero-order valence-corrected chi connectivity index (χ0v) is 14.2. The molecule has 4 nitrogen and oxygen atoms in total. The van der Waals surface area contributed by atoms with Gasteiger partial charge in [0.25, 0.3) is 0 Å². The first-order chi connectivity index (χ1) is 12.5. The van der Waals surface area contributed by atoms with E-state index in [1.54, 1.807) is 12.1 Å². The van der Waals surface area contributed by atoms with Gasteiger partial charge in [0.1, 0.15) is 5.75 Å². The summed E-state index contributed by atoms with van der Waals surface area (Å²) in [5, 5.41) is 0. The summed E-state index contributed by atoms with van der Waals surface area (Å²) in [6, 6.07) is 11.3. The largest absolute Gasteiger partial charge is 0.573 e. The predicted molar refractivity (Wildman–Crippen MR) is 90.4 cm³/mol. The van der Waals surface area contributed by atoms with E-state index in [0.717, 1.165) is 31.7 Å². The lowest BCUT2D eigenvalue weighted by Crippen LogP contribution is -2.67. The summed E-state index contributed by atoms with van der Waals surface area (Å²) in [6.07, 6.45) is 0.188. The maximum atomic E-state index is 12.2. The van der Waals surface area contributed by atoms with Gasteiger partial charge in [0.15, 0.2) is 0 Å². The van der Waals surface area contributed by atoms with Gasteiger partial charge >= 0.3 is 6.36 Å². The summed E-state index contributed by atoms with van der Waals surface area (Å²) >= 11 is 0. The molecule has 0 spiro atoms. The number of halogens is 3. The molecule has 1 aromatic carbocycles. The zero-order chi connectivity index (χ0) is 18.1. The van der Waals surface area contributed by atoms with Crippen molar-refractivity contribution in [3.05, 3.63) is 59.9 Å². The SMILES string of the molecule is FC(F)(F)Oc1ccc(CN2C3CC2CN(Cc2ccncc2)C3)cc1. The highest BCUT2D eigenvalue weighted by Crippen LogP contribution is 2.34. The maximum absolute atomic E-state index is 12.2. The zero-order valence-electron chi connectivity index (χ0n) is 14.2. The number of pyridine rings is 1. The van der Waals surface area contributed by atoms with E-state index in [2.05, 4.69) is 19.5 Å². The average Bonchev–Trinajstić information content (AvgIpc) is 2.60. The van der Waals surface area contributed by atoms with Gasteiger partial charge in [-0.3, -0.25) is 14.8 Å². The standard InChI is InChI=1S/C19H20F3N3O/c20-19(21,22)26-18-3-1-14(2-4-18)11-25-16-9-17(25)13-24(12-16)10-15-5-7-23-8-6-15/h1-8,16-17H,9-13H2. The molecule has 0 aliphatic carbocycles. The first-order valence-electron chi connectivity index (χ1n) is 8.68. The van der Waals surface area contributed by atoms with Crippen molar-refractivity contribution in [1.82, 2.24) is 14.8 Å². The van der Waals surface area contributed by atoms with Crippen LogP contribution in [0.4, 0.5) is 13.2 Å². The van der Waals surface area contributed by atoms with Gasteiger partial charge in [-0.25, -0.2) is 0 Å². The first kappa shape index (κ1) is 17.3. The Hall–Kier alpha value is -2.12. The molecule has 0 N–H and O–H groups in total. The summed E-state index contributed by atoms with van der Waals surface area (Å²) in [6.45, 7) is 3.75. The van der Waals surface area contributed by atoms with Gasteiger partial charge in [-0.05, 0) is 41.8 Å². The van der Waals surface area contributed by atoms with Crippen molar-refractivity contribution in [3.63, 3.8) is 0 Å². The van der Waals surface area contributed by atoms with Gasteiger partial charge in [-0.2, -0.15) is 0 Å². The number of rotatable bonds is 5. The van der Waals surface area contributed by atoms with E-state index in [9.17, 15) is 13.2 Å². The second-order valence-corrected chi connectivity index (χ2v) is 6.96. The molecule has 3 fully saturated rings. The predicted octanol–water partition coefficient (Wildman–Crippen LogP) is 3.44. The normalized spacial score (nSPS) is 23.5. The van der Waals surface area contributed by atoms with Gasteiger partial charge in [0.05, 0.1) is 0 Å². The van der Waals surface area contributed by atoms with Crippen molar-refractivity contribution in [1.29, 1.82) is 0 Å². The van der Waals surface area contributed by atoms with Crippen molar-refractivity contribution in [3.8, 4) is 5.75 Å². The molecule has 0 saturated carbocycles.